The standard InChI is InChI=1S/C14H24BrN3S/c1-3-12-9-17(2)5-4-6-18(12)13(8-16)14-7-11(15)10-19-14/h7,10,12-13H,3-6,8-9,16H2,1-2H3. The molecule has 0 aromatic carbocycles. The van der Waals surface area contributed by atoms with Crippen LogP contribution in [0.1, 0.15) is 30.7 Å². The van der Waals surface area contributed by atoms with Crippen molar-refractivity contribution < 1.29 is 0 Å². The molecule has 2 atom stereocenters. The van der Waals surface area contributed by atoms with Gasteiger partial charge in [0.1, 0.15) is 0 Å². The Morgan fingerprint density at radius 2 is 2.32 bits per heavy atom. The van der Waals surface area contributed by atoms with Crippen LogP contribution in [0.3, 0.4) is 0 Å². The van der Waals surface area contributed by atoms with Crippen molar-refractivity contribution >= 4 is 27.3 Å². The number of hydrogen-bond donors (Lipinski definition) is 1. The maximum absolute atomic E-state index is 6.08. The Morgan fingerprint density at radius 3 is 2.89 bits per heavy atom. The molecule has 3 nitrogen and oxygen atoms in total. The van der Waals surface area contributed by atoms with E-state index < -0.39 is 0 Å². The van der Waals surface area contributed by atoms with E-state index in [2.05, 4.69) is 51.1 Å². The van der Waals surface area contributed by atoms with E-state index in [0.29, 0.717) is 18.6 Å². The SMILES string of the molecule is CCC1CN(C)CCCN1C(CN)c1cc(Br)cs1. The molecule has 108 valence electrons. The second-order valence-electron chi connectivity index (χ2n) is 5.33. The molecule has 5 heteroatoms. The zero-order valence-electron chi connectivity index (χ0n) is 11.8. The third-order valence-corrected chi connectivity index (χ3v) is 5.75. The summed E-state index contributed by atoms with van der Waals surface area (Å²) >= 11 is 5.37. The van der Waals surface area contributed by atoms with Crippen LogP contribution in [0.25, 0.3) is 0 Å². The van der Waals surface area contributed by atoms with Crippen molar-refractivity contribution in [3.63, 3.8) is 0 Å². The molecule has 1 aliphatic rings. The van der Waals surface area contributed by atoms with E-state index in [4.69, 9.17) is 5.73 Å². The smallest absolute Gasteiger partial charge is 0.0567 e. The molecule has 1 aromatic heterocycles. The first-order valence-corrected chi connectivity index (χ1v) is 8.71. The molecule has 0 radical (unpaired) electrons. The van der Waals surface area contributed by atoms with E-state index in [-0.39, 0.29) is 0 Å². The molecule has 0 bridgehead atoms. The molecule has 2 N–H and O–H groups in total. The Kier molecular flexibility index (Phi) is 5.84. The van der Waals surface area contributed by atoms with Crippen molar-refractivity contribution in [1.29, 1.82) is 0 Å². The minimum absolute atomic E-state index is 0.368. The van der Waals surface area contributed by atoms with Gasteiger partial charge in [-0.05, 0) is 48.4 Å². The third-order valence-electron chi connectivity index (χ3n) is 3.96. The van der Waals surface area contributed by atoms with Gasteiger partial charge in [-0.15, -0.1) is 11.3 Å². The molecule has 0 amide bonds. The largest absolute Gasteiger partial charge is 0.329 e. The fourth-order valence-electron chi connectivity index (χ4n) is 2.95. The van der Waals surface area contributed by atoms with Gasteiger partial charge in [0.25, 0.3) is 0 Å². The summed E-state index contributed by atoms with van der Waals surface area (Å²) < 4.78 is 1.17. The summed E-state index contributed by atoms with van der Waals surface area (Å²) in [6.07, 6.45) is 2.42. The van der Waals surface area contributed by atoms with Crippen molar-refractivity contribution in [2.45, 2.75) is 31.8 Å². The minimum Gasteiger partial charge on any atom is -0.329 e. The van der Waals surface area contributed by atoms with E-state index in [1.165, 1.54) is 28.7 Å². The van der Waals surface area contributed by atoms with Crippen LogP contribution in [0, 0.1) is 0 Å². The van der Waals surface area contributed by atoms with Crippen molar-refractivity contribution in [2.75, 3.05) is 33.2 Å². The first-order chi connectivity index (χ1) is 9.15. The van der Waals surface area contributed by atoms with Gasteiger partial charge in [-0.3, -0.25) is 4.90 Å². The predicted octanol–water partition coefficient (Wildman–Crippen LogP) is 2.93. The summed E-state index contributed by atoms with van der Waals surface area (Å²) in [5.74, 6) is 0. The Labute approximate surface area is 128 Å². The first kappa shape index (κ1) is 15.4. The first-order valence-electron chi connectivity index (χ1n) is 7.04. The highest BCUT2D eigenvalue weighted by molar-refractivity contribution is 9.10. The van der Waals surface area contributed by atoms with Crippen LogP contribution in [0.4, 0.5) is 0 Å². The zero-order chi connectivity index (χ0) is 13.8. The lowest BCUT2D eigenvalue weighted by atomic mass is 10.1. The van der Waals surface area contributed by atoms with E-state index >= 15 is 0 Å². The van der Waals surface area contributed by atoms with Gasteiger partial charge in [0, 0.05) is 40.4 Å². The maximum Gasteiger partial charge on any atom is 0.0567 e. The summed E-state index contributed by atoms with van der Waals surface area (Å²) in [7, 11) is 2.23. The third kappa shape index (κ3) is 3.79. The summed E-state index contributed by atoms with van der Waals surface area (Å²) in [5.41, 5.74) is 6.08. The van der Waals surface area contributed by atoms with Crippen LogP contribution in [-0.4, -0.2) is 49.1 Å². The Bertz CT molecular complexity index is 396. The Hall–Kier alpha value is 0.0600. The predicted molar refractivity (Wildman–Crippen MR) is 86.7 cm³/mol. The molecule has 0 aliphatic carbocycles. The van der Waals surface area contributed by atoms with Crippen molar-refractivity contribution in [2.24, 2.45) is 5.73 Å². The van der Waals surface area contributed by atoms with Gasteiger partial charge in [0.2, 0.25) is 0 Å². The lowest BCUT2D eigenvalue weighted by Crippen LogP contribution is -2.44. The lowest BCUT2D eigenvalue weighted by Gasteiger charge is -2.36. The average molecular weight is 346 g/mol. The Morgan fingerprint density at radius 1 is 1.53 bits per heavy atom. The number of nitrogens with zero attached hydrogens (tertiary/aromatic N) is 2. The summed E-state index contributed by atoms with van der Waals surface area (Å²) in [4.78, 5) is 6.46. The number of likely N-dealkylation sites (N-methyl/N-ethyl adjacent to an activating group) is 1. The van der Waals surface area contributed by atoms with Crippen LogP contribution < -0.4 is 5.73 Å². The summed E-state index contributed by atoms with van der Waals surface area (Å²) in [6.45, 7) is 6.49. The van der Waals surface area contributed by atoms with Gasteiger partial charge >= 0.3 is 0 Å². The maximum atomic E-state index is 6.08. The fourth-order valence-corrected chi connectivity index (χ4v) is 4.53. The van der Waals surface area contributed by atoms with E-state index in [1.807, 2.05) is 11.3 Å². The molecule has 2 rings (SSSR count). The summed E-state index contributed by atoms with van der Waals surface area (Å²) in [6, 6.07) is 3.21. The van der Waals surface area contributed by atoms with Crippen LogP contribution in [0.5, 0.6) is 0 Å². The van der Waals surface area contributed by atoms with Gasteiger partial charge in [0.05, 0.1) is 6.04 Å². The van der Waals surface area contributed by atoms with Gasteiger partial charge in [-0.2, -0.15) is 0 Å². The topological polar surface area (TPSA) is 32.5 Å². The van der Waals surface area contributed by atoms with Gasteiger partial charge < -0.3 is 10.6 Å². The molecule has 0 spiro atoms. The molecule has 0 saturated carbocycles. The number of nitrogens with two attached hydrogens (primary N) is 1. The lowest BCUT2D eigenvalue weighted by molar-refractivity contribution is 0.133. The molecule has 1 fully saturated rings. The number of rotatable bonds is 4. The monoisotopic (exact) mass is 345 g/mol. The fraction of sp³-hybridized carbons (Fsp3) is 0.714. The molecular weight excluding hydrogens is 322 g/mol. The number of hydrogen-bond acceptors (Lipinski definition) is 4. The molecule has 1 aromatic rings. The highest BCUT2D eigenvalue weighted by Crippen LogP contribution is 2.31. The number of thiophene rings is 1. The van der Waals surface area contributed by atoms with E-state index in [9.17, 15) is 0 Å². The minimum atomic E-state index is 0.368. The molecule has 2 unspecified atom stereocenters. The molecule has 1 aliphatic heterocycles. The second-order valence-corrected chi connectivity index (χ2v) is 7.19. The van der Waals surface area contributed by atoms with Crippen molar-refractivity contribution in [3.8, 4) is 0 Å². The van der Waals surface area contributed by atoms with Gasteiger partial charge in [0.15, 0.2) is 0 Å². The van der Waals surface area contributed by atoms with Gasteiger partial charge in [-0.1, -0.05) is 6.92 Å². The zero-order valence-corrected chi connectivity index (χ0v) is 14.2. The average Bonchev–Trinajstić information content (AvgIpc) is 2.72. The molecule has 19 heavy (non-hydrogen) atoms. The van der Waals surface area contributed by atoms with Crippen LogP contribution in [0.2, 0.25) is 0 Å². The van der Waals surface area contributed by atoms with Gasteiger partial charge in [-0.25, -0.2) is 0 Å². The quantitative estimate of drug-likeness (QED) is 0.910. The van der Waals surface area contributed by atoms with Crippen LogP contribution >= 0.6 is 27.3 Å². The van der Waals surface area contributed by atoms with E-state index in [0.717, 1.165) is 13.1 Å². The molecule has 2 heterocycles. The van der Waals surface area contributed by atoms with Crippen LogP contribution in [0.15, 0.2) is 15.9 Å². The Balaban J connectivity index is 2.19. The summed E-state index contributed by atoms with van der Waals surface area (Å²) in [5, 5.41) is 2.16. The van der Waals surface area contributed by atoms with Crippen LogP contribution in [-0.2, 0) is 0 Å². The molecule has 1 saturated heterocycles. The molecular formula is C14H24BrN3S. The van der Waals surface area contributed by atoms with E-state index in [1.54, 1.807) is 0 Å². The van der Waals surface area contributed by atoms with Crippen molar-refractivity contribution in [1.82, 2.24) is 9.80 Å². The number of halogens is 1. The second kappa shape index (κ2) is 7.18. The highest BCUT2D eigenvalue weighted by atomic mass is 79.9. The normalized spacial score (nSPS) is 24.3. The van der Waals surface area contributed by atoms with Crippen molar-refractivity contribution in [3.05, 3.63) is 20.8 Å². The highest BCUT2D eigenvalue weighted by Gasteiger charge is 2.29.